The number of primary amides is 1. The SMILES string of the molecule is Cc1ccc2nc(COc3ccccc3C(=O)N3CCN(Cc4ccc(C(N)=O)cc4)CC3)cn2c1. The van der Waals surface area contributed by atoms with Crippen molar-refractivity contribution in [3.05, 3.63) is 101 Å². The van der Waals surface area contributed by atoms with E-state index in [4.69, 9.17) is 10.5 Å². The van der Waals surface area contributed by atoms with E-state index in [0.717, 1.165) is 42.1 Å². The smallest absolute Gasteiger partial charge is 0.257 e. The minimum atomic E-state index is -0.425. The lowest BCUT2D eigenvalue weighted by molar-refractivity contribution is 0.0624. The van der Waals surface area contributed by atoms with Gasteiger partial charge in [0, 0.05) is 50.7 Å². The lowest BCUT2D eigenvalue weighted by atomic mass is 10.1. The number of hydrogen-bond donors (Lipinski definition) is 1. The first-order chi connectivity index (χ1) is 17.5. The molecule has 0 aliphatic carbocycles. The van der Waals surface area contributed by atoms with E-state index in [0.29, 0.717) is 30.0 Å². The minimum absolute atomic E-state index is 0.0262. The third-order valence-corrected chi connectivity index (χ3v) is 6.45. The number of carbonyl (C=O) groups is 2. The maximum Gasteiger partial charge on any atom is 0.257 e. The van der Waals surface area contributed by atoms with Gasteiger partial charge in [-0.05, 0) is 48.4 Å². The molecule has 1 fully saturated rings. The molecular weight excluding hydrogens is 454 g/mol. The number of ether oxygens (including phenoxy) is 1. The van der Waals surface area contributed by atoms with Gasteiger partial charge >= 0.3 is 0 Å². The summed E-state index contributed by atoms with van der Waals surface area (Å²) in [6.45, 7) is 5.91. The summed E-state index contributed by atoms with van der Waals surface area (Å²) in [5.41, 5.74) is 10.3. The summed E-state index contributed by atoms with van der Waals surface area (Å²) in [6, 6.07) is 18.7. The molecule has 0 atom stereocenters. The number of benzene rings is 2. The molecule has 1 saturated heterocycles. The second kappa shape index (κ2) is 10.2. The fourth-order valence-corrected chi connectivity index (χ4v) is 4.46. The first-order valence-corrected chi connectivity index (χ1v) is 12.0. The van der Waals surface area contributed by atoms with Crippen molar-refractivity contribution in [2.75, 3.05) is 26.2 Å². The number of carbonyl (C=O) groups excluding carboxylic acids is 2. The molecule has 0 radical (unpaired) electrons. The molecule has 5 rings (SSSR count). The van der Waals surface area contributed by atoms with Crippen LogP contribution in [0.2, 0.25) is 0 Å². The molecule has 0 unspecified atom stereocenters. The highest BCUT2D eigenvalue weighted by atomic mass is 16.5. The Labute approximate surface area is 209 Å². The molecule has 2 amide bonds. The lowest BCUT2D eigenvalue weighted by Gasteiger charge is -2.35. The van der Waals surface area contributed by atoms with E-state index in [1.165, 1.54) is 0 Å². The fraction of sp³-hybridized carbons (Fsp3) is 0.250. The normalized spacial score (nSPS) is 14.2. The Hall–Kier alpha value is -4.17. The molecule has 0 saturated carbocycles. The number of piperazine rings is 1. The van der Waals surface area contributed by atoms with Crippen LogP contribution in [0, 0.1) is 6.92 Å². The third kappa shape index (κ3) is 5.23. The van der Waals surface area contributed by atoms with Crippen LogP contribution in [-0.2, 0) is 13.2 Å². The van der Waals surface area contributed by atoms with Crippen molar-refractivity contribution in [1.82, 2.24) is 19.2 Å². The number of pyridine rings is 1. The third-order valence-electron chi connectivity index (χ3n) is 6.45. The number of aryl methyl sites for hydroxylation is 1. The van der Waals surface area contributed by atoms with Gasteiger partial charge in [-0.3, -0.25) is 14.5 Å². The van der Waals surface area contributed by atoms with E-state index < -0.39 is 5.91 Å². The molecule has 8 heteroatoms. The summed E-state index contributed by atoms with van der Waals surface area (Å²) < 4.78 is 8.04. The van der Waals surface area contributed by atoms with Gasteiger partial charge in [-0.15, -0.1) is 0 Å². The van der Waals surface area contributed by atoms with Crippen LogP contribution in [0.1, 0.15) is 37.5 Å². The summed E-state index contributed by atoms with van der Waals surface area (Å²) in [7, 11) is 0. The van der Waals surface area contributed by atoms with Crippen molar-refractivity contribution in [2.24, 2.45) is 5.73 Å². The number of nitrogens with two attached hydrogens (primary N) is 1. The van der Waals surface area contributed by atoms with E-state index in [-0.39, 0.29) is 12.5 Å². The molecule has 1 aliphatic rings. The minimum Gasteiger partial charge on any atom is -0.486 e. The Morgan fingerprint density at radius 1 is 0.944 bits per heavy atom. The molecule has 184 valence electrons. The van der Waals surface area contributed by atoms with Gasteiger partial charge in [0.25, 0.3) is 5.91 Å². The van der Waals surface area contributed by atoms with Gasteiger partial charge in [0.1, 0.15) is 18.0 Å². The molecule has 0 spiro atoms. The standard InChI is InChI=1S/C28H29N5O3/c1-20-6-11-26-30-23(18-33(26)16-20)19-36-25-5-3-2-4-24(25)28(35)32-14-12-31(13-15-32)17-21-7-9-22(10-8-21)27(29)34/h2-11,16,18H,12-15,17,19H2,1H3,(H2,29,34). The molecule has 3 heterocycles. The van der Waals surface area contributed by atoms with Gasteiger partial charge in [0.2, 0.25) is 5.91 Å². The number of fused-ring (bicyclic) bond motifs is 1. The first-order valence-electron chi connectivity index (χ1n) is 12.0. The van der Waals surface area contributed by atoms with Crippen molar-refractivity contribution in [3.63, 3.8) is 0 Å². The largest absolute Gasteiger partial charge is 0.486 e. The molecular formula is C28H29N5O3. The summed E-state index contributed by atoms with van der Waals surface area (Å²) in [6.07, 6.45) is 3.98. The second-order valence-electron chi connectivity index (χ2n) is 9.12. The Balaban J connectivity index is 1.19. The predicted molar refractivity (Wildman–Crippen MR) is 137 cm³/mol. The maximum absolute atomic E-state index is 13.3. The van der Waals surface area contributed by atoms with E-state index >= 15 is 0 Å². The molecule has 36 heavy (non-hydrogen) atoms. The van der Waals surface area contributed by atoms with Gasteiger partial charge < -0.3 is 19.8 Å². The van der Waals surface area contributed by atoms with Crippen LogP contribution in [0.15, 0.2) is 73.1 Å². The Kier molecular flexibility index (Phi) is 6.69. The van der Waals surface area contributed by atoms with E-state index in [1.54, 1.807) is 12.1 Å². The number of imidazole rings is 1. The monoisotopic (exact) mass is 483 g/mol. The maximum atomic E-state index is 13.3. The average Bonchev–Trinajstić information content (AvgIpc) is 3.30. The highest BCUT2D eigenvalue weighted by molar-refractivity contribution is 5.97. The zero-order valence-corrected chi connectivity index (χ0v) is 20.3. The van der Waals surface area contributed by atoms with Crippen molar-refractivity contribution in [3.8, 4) is 5.75 Å². The highest BCUT2D eigenvalue weighted by Gasteiger charge is 2.24. The molecule has 8 nitrogen and oxygen atoms in total. The molecule has 2 aromatic heterocycles. The predicted octanol–water partition coefficient (Wildman–Crippen LogP) is 3.28. The van der Waals surface area contributed by atoms with Gasteiger partial charge in [-0.25, -0.2) is 4.98 Å². The topological polar surface area (TPSA) is 93.2 Å². The van der Waals surface area contributed by atoms with Crippen LogP contribution < -0.4 is 10.5 Å². The number of nitrogens with zero attached hydrogens (tertiary/aromatic N) is 4. The molecule has 2 aromatic carbocycles. The van der Waals surface area contributed by atoms with Gasteiger partial charge in [-0.1, -0.05) is 30.3 Å². The molecule has 0 bridgehead atoms. The summed E-state index contributed by atoms with van der Waals surface area (Å²) >= 11 is 0. The van der Waals surface area contributed by atoms with Crippen molar-refractivity contribution < 1.29 is 14.3 Å². The zero-order chi connectivity index (χ0) is 25.1. The number of hydrogen-bond acceptors (Lipinski definition) is 5. The zero-order valence-electron chi connectivity index (χ0n) is 20.3. The van der Waals surface area contributed by atoms with Crippen LogP contribution in [0.25, 0.3) is 5.65 Å². The fourth-order valence-electron chi connectivity index (χ4n) is 4.46. The van der Waals surface area contributed by atoms with Gasteiger partial charge in [0.15, 0.2) is 0 Å². The lowest BCUT2D eigenvalue weighted by Crippen LogP contribution is -2.48. The summed E-state index contributed by atoms with van der Waals surface area (Å²) in [4.78, 5) is 33.4. The number of rotatable bonds is 7. The van der Waals surface area contributed by atoms with E-state index in [9.17, 15) is 9.59 Å². The van der Waals surface area contributed by atoms with E-state index in [2.05, 4.69) is 9.88 Å². The average molecular weight is 484 g/mol. The summed E-state index contributed by atoms with van der Waals surface area (Å²) in [5, 5.41) is 0. The number of para-hydroxylation sites is 1. The Morgan fingerprint density at radius 2 is 1.69 bits per heavy atom. The summed E-state index contributed by atoms with van der Waals surface area (Å²) in [5.74, 6) is 0.112. The molecule has 1 aliphatic heterocycles. The van der Waals surface area contributed by atoms with Crippen molar-refractivity contribution in [2.45, 2.75) is 20.1 Å². The molecule has 4 aromatic rings. The van der Waals surface area contributed by atoms with Crippen LogP contribution >= 0.6 is 0 Å². The quantitative estimate of drug-likeness (QED) is 0.436. The Bertz CT molecular complexity index is 1390. The Morgan fingerprint density at radius 3 is 2.44 bits per heavy atom. The number of amides is 2. The number of aromatic nitrogens is 2. The highest BCUT2D eigenvalue weighted by Crippen LogP contribution is 2.22. The molecule has 2 N–H and O–H groups in total. The van der Waals surface area contributed by atoms with Crippen LogP contribution in [0.5, 0.6) is 5.75 Å². The van der Waals surface area contributed by atoms with Crippen molar-refractivity contribution >= 4 is 17.5 Å². The van der Waals surface area contributed by atoms with E-state index in [1.807, 2.05) is 77.1 Å². The van der Waals surface area contributed by atoms with Gasteiger partial charge in [0.05, 0.1) is 11.3 Å². The van der Waals surface area contributed by atoms with Crippen LogP contribution in [-0.4, -0.2) is 57.2 Å². The van der Waals surface area contributed by atoms with Crippen molar-refractivity contribution in [1.29, 1.82) is 0 Å². The van der Waals surface area contributed by atoms with Crippen LogP contribution in [0.4, 0.5) is 0 Å². The first kappa shape index (κ1) is 23.6. The van der Waals surface area contributed by atoms with Crippen LogP contribution in [0.3, 0.4) is 0 Å². The van der Waals surface area contributed by atoms with Gasteiger partial charge in [-0.2, -0.15) is 0 Å². The second-order valence-corrected chi connectivity index (χ2v) is 9.12.